The van der Waals surface area contributed by atoms with Crippen LogP contribution >= 0.6 is 50.7 Å². The lowest BCUT2D eigenvalue weighted by Crippen LogP contribution is -2.18. The summed E-state index contributed by atoms with van der Waals surface area (Å²) >= 11 is 19.7. The van der Waals surface area contributed by atoms with E-state index in [1.54, 1.807) is 12.1 Å². The van der Waals surface area contributed by atoms with E-state index in [0.29, 0.717) is 5.75 Å². The molecule has 0 aliphatic carbocycles. The summed E-state index contributed by atoms with van der Waals surface area (Å²) in [6.07, 6.45) is 0. The molecule has 0 saturated carbocycles. The first-order chi connectivity index (χ1) is 6.86. The number of ether oxygens (including phenoxy) is 1. The highest BCUT2D eigenvalue weighted by atomic mass is 79.9. The molecular weight excluding hydrogens is 326 g/mol. The van der Waals surface area contributed by atoms with Crippen LogP contribution in [0.2, 0.25) is 0 Å². The van der Waals surface area contributed by atoms with E-state index in [1.165, 1.54) is 13.2 Å². The zero-order valence-electron chi connectivity index (χ0n) is 7.56. The van der Waals surface area contributed by atoms with E-state index in [2.05, 4.69) is 15.9 Å². The number of rotatable bonds is 2. The predicted molar refractivity (Wildman–Crippen MR) is 65.3 cm³/mol. The molecule has 0 aliphatic heterocycles. The van der Waals surface area contributed by atoms with Gasteiger partial charge in [0.05, 0.1) is 11.6 Å². The number of methoxy groups -OCH3 is 1. The predicted octanol–water partition coefficient (Wildman–Crippen LogP) is 4.01. The number of carbonyl (C=O) groups is 1. The van der Waals surface area contributed by atoms with Crippen LogP contribution in [0.4, 0.5) is 0 Å². The zero-order valence-corrected chi connectivity index (χ0v) is 11.4. The standard InChI is InChI=1S/C9H6BrCl3O2/c1-15-7-4-5(2-3-6(7)10)8(14)9(11,12)13/h2-4H,1H3. The average Bonchev–Trinajstić information content (AvgIpc) is 2.16. The molecule has 0 unspecified atom stereocenters. The first kappa shape index (κ1) is 13.1. The highest BCUT2D eigenvalue weighted by molar-refractivity contribution is 9.10. The second-order valence-electron chi connectivity index (χ2n) is 2.68. The topological polar surface area (TPSA) is 26.3 Å². The Labute approximate surface area is 111 Å². The second kappa shape index (κ2) is 4.91. The lowest BCUT2D eigenvalue weighted by Gasteiger charge is -2.11. The van der Waals surface area contributed by atoms with Crippen LogP contribution in [-0.4, -0.2) is 16.7 Å². The third kappa shape index (κ3) is 3.25. The third-order valence-corrected chi connectivity index (χ3v) is 2.84. The molecule has 0 fully saturated rings. The summed E-state index contributed by atoms with van der Waals surface area (Å²) in [5.41, 5.74) is 0.287. The molecule has 0 bridgehead atoms. The van der Waals surface area contributed by atoms with E-state index in [4.69, 9.17) is 39.5 Å². The van der Waals surface area contributed by atoms with Crippen molar-refractivity contribution in [1.82, 2.24) is 0 Å². The Morgan fingerprint density at radius 3 is 2.47 bits per heavy atom. The van der Waals surface area contributed by atoms with Gasteiger partial charge in [-0.1, -0.05) is 34.8 Å². The molecule has 6 heteroatoms. The molecule has 0 amide bonds. The van der Waals surface area contributed by atoms with Crippen LogP contribution in [0, 0.1) is 0 Å². The fraction of sp³-hybridized carbons (Fsp3) is 0.222. The summed E-state index contributed by atoms with van der Waals surface area (Å²) in [6, 6.07) is 4.72. The molecule has 0 spiro atoms. The number of ketones is 1. The summed E-state index contributed by atoms with van der Waals surface area (Å²) in [7, 11) is 1.49. The van der Waals surface area contributed by atoms with Crippen molar-refractivity contribution in [3.63, 3.8) is 0 Å². The van der Waals surface area contributed by atoms with Gasteiger partial charge in [-0.25, -0.2) is 0 Å². The van der Waals surface area contributed by atoms with Gasteiger partial charge in [-0.15, -0.1) is 0 Å². The quantitative estimate of drug-likeness (QED) is 0.604. The number of benzene rings is 1. The molecule has 0 radical (unpaired) electrons. The van der Waals surface area contributed by atoms with Gasteiger partial charge in [0.15, 0.2) is 0 Å². The average molecular weight is 332 g/mol. The van der Waals surface area contributed by atoms with Gasteiger partial charge in [0.2, 0.25) is 5.78 Å². The molecular formula is C9H6BrCl3O2. The van der Waals surface area contributed by atoms with Gasteiger partial charge in [0, 0.05) is 5.56 Å². The summed E-state index contributed by atoms with van der Waals surface area (Å²) < 4.78 is 3.80. The number of alkyl halides is 3. The van der Waals surface area contributed by atoms with E-state index in [0.717, 1.165) is 4.47 Å². The Hall–Kier alpha value is 0.0400. The highest BCUT2D eigenvalue weighted by Gasteiger charge is 2.31. The van der Waals surface area contributed by atoms with Crippen molar-refractivity contribution in [1.29, 1.82) is 0 Å². The molecule has 82 valence electrons. The molecule has 0 N–H and O–H groups in total. The zero-order chi connectivity index (χ0) is 11.6. The Balaban J connectivity index is 3.12. The van der Waals surface area contributed by atoms with Crippen LogP contribution < -0.4 is 4.74 Å². The summed E-state index contributed by atoms with van der Waals surface area (Å²) in [4.78, 5) is 11.6. The number of carbonyl (C=O) groups excluding carboxylic acids is 1. The molecule has 2 nitrogen and oxygen atoms in total. The minimum absolute atomic E-state index is 0.287. The van der Waals surface area contributed by atoms with E-state index >= 15 is 0 Å². The molecule has 0 saturated heterocycles. The van der Waals surface area contributed by atoms with Crippen LogP contribution in [0.1, 0.15) is 10.4 Å². The Kier molecular flexibility index (Phi) is 4.29. The van der Waals surface area contributed by atoms with Crippen molar-refractivity contribution in [2.45, 2.75) is 3.79 Å². The fourth-order valence-electron chi connectivity index (χ4n) is 0.965. The largest absolute Gasteiger partial charge is 0.496 e. The second-order valence-corrected chi connectivity index (χ2v) is 5.81. The number of hydrogen-bond donors (Lipinski definition) is 0. The van der Waals surface area contributed by atoms with Crippen LogP contribution in [0.3, 0.4) is 0 Å². The van der Waals surface area contributed by atoms with Gasteiger partial charge < -0.3 is 4.74 Å². The highest BCUT2D eigenvalue weighted by Crippen LogP contribution is 2.33. The van der Waals surface area contributed by atoms with Crippen molar-refractivity contribution in [3.8, 4) is 5.75 Å². The lowest BCUT2D eigenvalue weighted by molar-refractivity contribution is 0.0996. The van der Waals surface area contributed by atoms with E-state index in [-0.39, 0.29) is 5.56 Å². The number of hydrogen-bond acceptors (Lipinski definition) is 2. The smallest absolute Gasteiger partial charge is 0.253 e. The lowest BCUT2D eigenvalue weighted by atomic mass is 10.1. The van der Waals surface area contributed by atoms with Gasteiger partial charge in [0.25, 0.3) is 3.79 Å². The SMILES string of the molecule is COc1cc(C(=O)C(Cl)(Cl)Cl)ccc1Br. The van der Waals surface area contributed by atoms with E-state index < -0.39 is 9.58 Å². The van der Waals surface area contributed by atoms with Crippen molar-refractivity contribution in [2.75, 3.05) is 7.11 Å². The molecule has 15 heavy (non-hydrogen) atoms. The number of Topliss-reactive ketones (excluding diaryl/α,β-unsaturated/α-hetero) is 1. The Morgan fingerprint density at radius 2 is 2.00 bits per heavy atom. The van der Waals surface area contributed by atoms with Crippen molar-refractivity contribution in [3.05, 3.63) is 28.2 Å². The first-order valence-corrected chi connectivity index (χ1v) is 5.74. The number of halogens is 4. The first-order valence-electron chi connectivity index (χ1n) is 3.81. The van der Waals surface area contributed by atoms with Gasteiger partial charge >= 0.3 is 0 Å². The van der Waals surface area contributed by atoms with Gasteiger partial charge in [0.1, 0.15) is 5.75 Å². The summed E-state index contributed by atoms with van der Waals surface area (Å²) in [5, 5.41) is 0. The Bertz CT molecular complexity index is 387. The molecule has 1 aromatic carbocycles. The van der Waals surface area contributed by atoms with Gasteiger partial charge in [-0.05, 0) is 34.1 Å². The minimum Gasteiger partial charge on any atom is -0.496 e. The molecule has 0 aliphatic rings. The van der Waals surface area contributed by atoms with Crippen LogP contribution in [0.5, 0.6) is 5.75 Å². The Morgan fingerprint density at radius 1 is 1.40 bits per heavy atom. The normalized spacial score (nSPS) is 11.3. The monoisotopic (exact) mass is 330 g/mol. The van der Waals surface area contributed by atoms with E-state index in [1.807, 2.05) is 0 Å². The van der Waals surface area contributed by atoms with Crippen LogP contribution in [-0.2, 0) is 0 Å². The van der Waals surface area contributed by atoms with Crippen molar-refractivity contribution >= 4 is 56.5 Å². The maximum Gasteiger partial charge on any atom is 0.253 e. The third-order valence-electron chi connectivity index (χ3n) is 1.67. The maximum atomic E-state index is 11.6. The van der Waals surface area contributed by atoms with Crippen LogP contribution in [0.25, 0.3) is 0 Å². The van der Waals surface area contributed by atoms with Crippen molar-refractivity contribution in [2.24, 2.45) is 0 Å². The minimum atomic E-state index is -1.95. The molecule has 1 aromatic rings. The van der Waals surface area contributed by atoms with Gasteiger partial charge in [-0.2, -0.15) is 0 Å². The van der Waals surface area contributed by atoms with Crippen molar-refractivity contribution < 1.29 is 9.53 Å². The maximum absolute atomic E-state index is 11.6. The van der Waals surface area contributed by atoms with Gasteiger partial charge in [-0.3, -0.25) is 4.79 Å². The van der Waals surface area contributed by atoms with E-state index in [9.17, 15) is 4.79 Å². The molecule has 1 rings (SSSR count). The molecule has 0 atom stereocenters. The van der Waals surface area contributed by atoms with Crippen LogP contribution in [0.15, 0.2) is 22.7 Å². The summed E-state index contributed by atoms with van der Waals surface area (Å²) in [5.74, 6) is -0.0756. The molecule has 0 heterocycles. The summed E-state index contributed by atoms with van der Waals surface area (Å²) in [6.45, 7) is 0. The fourth-order valence-corrected chi connectivity index (χ4v) is 1.70. The molecule has 0 aromatic heterocycles.